The topological polar surface area (TPSA) is 106 Å². The summed E-state index contributed by atoms with van der Waals surface area (Å²) in [6, 6.07) is 5.10. The van der Waals surface area contributed by atoms with Crippen molar-refractivity contribution in [3.05, 3.63) is 18.2 Å². The van der Waals surface area contributed by atoms with E-state index in [1.54, 1.807) is 32.0 Å². The monoisotopic (exact) mass is 279 g/mol. The maximum atomic E-state index is 12.1. The zero-order chi connectivity index (χ0) is 14.8. The first kappa shape index (κ1) is 14.0. The van der Waals surface area contributed by atoms with Crippen LogP contribution in [0.4, 0.5) is 5.69 Å². The Bertz CT molecular complexity index is 555. The summed E-state index contributed by atoms with van der Waals surface area (Å²) in [5, 5.41) is 14.3. The summed E-state index contributed by atoms with van der Waals surface area (Å²) in [5.41, 5.74) is 4.94. The van der Waals surface area contributed by atoms with Gasteiger partial charge in [0.1, 0.15) is 18.6 Å². The highest BCUT2D eigenvalue weighted by atomic mass is 16.6. The highest BCUT2D eigenvalue weighted by Gasteiger charge is 2.33. The van der Waals surface area contributed by atoms with Crippen LogP contribution in [0.1, 0.15) is 13.8 Å². The largest absolute Gasteiger partial charge is 0.486 e. The molecule has 1 aromatic carbocycles. The van der Waals surface area contributed by atoms with E-state index in [1.807, 2.05) is 0 Å². The number of nitrogens with one attached hydrogen (secondary N) is 1. The lowest BCUT2D eigenvalue weighted by Gasteiger charge is -2.23. The minimum atomic E-state index is -1.12. The van der Waals surface area contributed by atoms with Crippen molar-refractivity contribution in [1.82, 2.24) is 0 Å². The molecule has 0 aromatic heterocycles. The van der Waals surface area contributed by atoms with Gasteiger partial charge in [0.05, 0.1) is 0 Å². The van der Waals surface area contributed by atoms with Gasteiger partial charge in [-0.25, -0.2) is 0 Å². The van der Waals surface area contributed by atoms with Gasteiger partial charge in [0.2, 0.25) is 5.91 Å². The van der Waals surface area contributed by atoms with Crippen molar-refractivity contribution in [2.75, 3.05) is 18.5 Å². The Kier molecular flexibility index (Phi) is 3.69. The molecule has 0 saturated carbocycles. The molecule has 20 heavy (non-hydrogen) atoms. The molecule has 1 heterocycles. The van der Waals surface area contributed by atoms with Gasteiger partial charge < -0.3 is 25.7 Å². The molecule has 7 nitrogen and oxygen atoms in total. The lowest BCUT2D eigenvalue weighted by molar-refractivity contribution is -0.121. The molecule has 0 spiro atoms. The molecule has 1 aromatic rings. The Hall–Kier alpha value is -2.44. The molecule has 2 rings (SSSR count). The second kappa shape index (κ2) is 5.28. The van der Waals surface area contributed by atoms with E-state index in [2.05, 4.69) is 10.5 Å². The predicted octanol–water partition coefficient (Wildman–Crippen LogP) is 1.17. The number of hydrogen-bond donors (Lipinski definition) is 3. The summed E-state index contributed by atoms with van der Waals surface area (Å²) in [7, 11) is 0. The first-order chi connectivity index (χ1) is 9.45. The van der Waals surface area contributed by atoms with E-state index in [0.29, 0.717) is 30.4 Å². The van der Waals surface area contributed by atoms with Crippen LogP contribution in [-0.4, -0.2) is 30.2 Å². The molecule has 0 bridgehead atoms. The lowest BCUT2D eigenvalue weighted by Crippen LogP contribution is -2.42. The first-order valence-corrected chi connectivity index (χ1v) is 6.14. The molecule has 0 fully saturated rings. The van der Waals surface area contributed by atoms with Gasteiger partial charge in [0.25, 0.3) is 0 Å². The molecule has 0 unspecified atom stereocenters. The summed E-state index contributed by atoms with van der Waals surface area (Å²) < 4.78 is 10.8. The summed E-state index contributed by atoms with van der Waals surface area (Å²) in [6.07, 6.45) is 0. The fourth-order valence-corrected chi connectivity index (χ4v) is 1.65. The van der Waals surface area contributed by atoms with Crippen LogP contribution in [-0.2, 0) is 4.79 Å². The van der Waals surface area contributed by atoms with Gasteiger partial charge in [0.15, 0.2) is 17.3 Å². The van der Waals surface area contributed by atoms with Crippen LogP contribution in [0, 0.1) is 5.41 Å². The van der Waals surface area contributed by atoms with Gasteiger partial charge in [-0.05, 0) is 26.0 Å². The Morgan fingerprint density at radius 1 is 1.35 bits per heavy atom. The Morgan fingerprint density at radius 2 is 2.00 bits per heavy atom. The van der Waals surface area contributed by atoms with Gasteiger partial charge in [-0.1, -0.05) is 5.16 Å². The molecular formula is C13H17N3O4. The highest BCUT2D eigenvalue weighted by Crippen LogP contribution is 2.33. The second-order valence-corrected chi connectivity index (χ2v) is 4.92. The Morgan fingerprint density at radius 3 is 2.65 bits per heavy atom. The second-order valence-electron chi connectivity index (χ2n) is 4.92. The molecule has 0 atom stereocenters. The van der Waals surface area contributed by atoms with Crippen molar-refractivity contribution in [2.45, 2.75) is 13.8 Å². The quantitative estimate of drug-likeness (QED) is 0.333. The summed E-state index contributed by atoms with van der Waals surface area (Å²) >= 11 is 0. The number of ether oxygens (including phenoxy) is 2. The van der Waals surface area contributed by atoms with Gasteiger partial charge in [-0.15, -0.1) is 0 Å². The average molecular weight is 279 g/mol. The normalized spacial score (nSPS) is 14.8. The highest BCUT2D eigenvalue weighted by molar-refractivity contribution is 6.11. The number of amides is 1. The molecule has 1 aliphatic heterocycles. The van der Waals surface area contributed by atoms with E-state index >= 15 is 0 Å². The van der Waals surface area contributed by atoms with Crippen molar-refractivity contribution >= 4 is 17.4 Å². The Labute approximate surface area is 116 Å². The van der Waals surface area contributed by atoms with Crippen LogP contribution in [0.5, 0.6) is 11.5 Å². The zero-order valence-corrected chi connectivity index (χ0v) is 11.3. The molecule has 7 heteroatoms. The minimum absolute atomic E-state index is 0.160. The maximum absolute atomic E-state index is 12.1. The summed E-state index contributed by atoms with van der Waals surface area (Å²) in [4.78, 5) is 12.1. The van der Waals surface area contributed by atoms with E-state index in [1.165, 1.54) is 0 Å². The zero-order valence-electron chi connectivity index (χ0n) is 11.3. The number of anilines is 1. The van der Waals surface area contributed by atoms with E-state index in [-0.39, 0.29) is 11.7 Å². The fraction of sp³-hybridized carbons (Fsp3) is 0.385. The molecule has 1 aliphatic rings. The molecule has 0 saturated heterocycles. The van der Waals surface area contributed by atoms with Crippen molar-refractivity contribution < 1.29 is 19.5 Å². The Balaban J connectivity index is 2.16. The SMILES string of the molecule is CC(C)(C(=O)Nc1ccc2c(c1)OCCO2)C(N)=NO. The number of benzene rings is 1. The van der Waals surface area contributed by atoms with Gasteiger partial charge in [0, 0.05) is 11.8 Å². The smallest absolute Gasteiger partial charge is 0.237 e. The van der Waals surface area contributed by atoms with Crippen molar-refractivity contribution in [2.24, 2.45) is 16.3 Å². The number of nitrogens with zero attached hydrogens (tertiary/aromatic N) is 1. The van der Waals surface area contributed by atoms with E-state index in [0.717, 1.165) is 0 Å². The third-order valence-corrected chi connectivity index (χ3v) is 3.12. The third-order valence-electron chi connectivity index (χ3n) is 3.12. The number of rotatable bonds is 3. The van der Waals surface area contributed by atoms with Crippen LogP contribution >= 0.6 is 0 Å². The van der Waals surface area contributed by atoms with Crippen molar-refractivity contribution in [3.63, 3.8) is 0 Å². The third kappa shape index (κ3) is 2.61. The number of fused-ring (bicyclic) bond motifs is 1. The molecule has 1 amide bonds. The molecule has 108 valence electrons. The first-order valence-electron chi connectivity index (χ1n) is 6.14. The van der Waals surface area contributed by atoms with Crippen LogP contribution in [0.15, 0.2) is 23.4 Å². The van der Waals surface area contributed by atoms with Gasteiger partial charge >= 0.3 is 0 Å². The summed E-state index contributed by atoms with van der Waals surface area (Å²) in [6.45, 7) is 4.11. The van der Waals surface area contributed by atoms with Crippen LogP contribution < -0.4 is 20.5 Å². The minimum Gasteiger partial charge on any atom is -0.486 e. The number of hydrogen-bond acceptors (Lipinski definition) is 5. The molecule has 0 radical (unpaired) electrons. The standard InChI is InChI=1S/C13H17N3O4/c1-13(2,11(14)16-18)12(17)15-8-3-4-9-10(7-8)20-6-5-19-9/h3-4,7,18H,5-6H2,1-2H3,(H2,14,16)(H,15,17). The number of amidine groups is 1. The van der Waals surface area contributed by atoms with Crippen molar-refractivity contribution in [1.29, 1.82) is 0 Å². The van der Waals surface area contributed by atoms with E-state index in [4.69, 9.17) is 20.4 Å². The number of oxime groups is 1. The van der Waals surface area contributed by atoms with Crippen LogP contribution in [0.2, 0.25) is 0 Å². The predicted molar refractivity (Wildman–Crippen MR) is 73.3 cm³/mol. The van der Waals surface area contributed by atoms with Crippen LogP contribution in [0.25, 0.3) is 0 Å². The lowest BCUT2D eigenvalue weighted by atomic mass is 9.91. The van der Waals surface area contributed by atoms with E-state index in [9.17, 15) is 4.79 Å². The molecular weight excluding hydrogens is 262 g/mol. The van der Waals surface area contributed by atoms with Gasteiger partial charge in [-0.2, -0.15) is 0 Å². The maximum Gasteiger partial charge on any atom is 0.237 e. The van der Waals surface area contributed by atoms with Gasteiger partial charge in [-0.3, -0.25) is 4.79 Å². The number of carbonyl (C=O) groups excluding carboxylic acids is 1. The summed E-state index contributed by atoms with van der Waals surface area (Å²) in [5.74, 6) is 0.678. The van der Waals surface area contributed by atoms with Crippen LogP contribution in [0.3, 0.4) is 0 Å². The van der Waals surface area contributed by atoms with Crippen molar-refractivity contribution in [3.8, 4) is 11.5 Å². The number of carbonyl (C=O) groups is 1. The molecule has 4 N–H and O–H groups in total. The molecule has 0 aliphatic carbocycles. The average Bonchev–Trinajstić information content (AvgIpc) is 2.46. The fourth-order valence-electron chi connectivity index (χ4n) is 1.65. The van der Waals surface area contributed by atoms with E-state index < -0.39 is 5.41 Å². The number of nitrogens with two attached hydrogens (primary N) is 1.